The highest BCUT2D eigenvalue weighted by atomic mass is 16.3. The van der Waals surface area contributed by atoms with Gasteiger partial charge >= 0.3 is 0 Å². The van der Waals surface area contributed by atoms with Gasteiger partial charge in [-0.2, -0.15) is 9.97 Å². The van der Waals surface area contributed by atoms with Crippen LogP contribution in [0.3, 0.4) is 0 Å². The Kier molecular flexibility index (Phi) is 5.15. The second-order valence-electron chi connectivity index (χ2n) is 8.49. The third-order valence-corrected chi connectivity index (χ3v) is 5.81. The molecule has 0 saturated heterocycles. The molecular formula is C23H27N7O. The number of nitrogens with one attached hydrogen (secondary N) is 1. The summed E-state index contributed by atoms with van der Waals surface area (Å²) in [5, 5.41) is 13.0. The minimum Gasteiger partial charge on any atom is -0.396 e. The van der Waals surface area contributed by atoms with E-state index < -0.39 is 0 Å². The lowest BCUT2D eigenvalue weighted by molar-refractivity contribution is 0.244. The number of aliphatic hydroxyl groups excluding tert-OH is 1. The zero-order valence-corrected chi connectivity index (χ0v) is 17.8. The first-order valence-corrected chi connectivity index (χ1v) is 10.7. The smallest absolute Gasteiger partial charge is 0.253 e. The molecule has 3 aromatic rings. The number of nitrogens with zero attached hydrogens (tertiary/aromatic N) is 6. The SMILES string of the molecule is CN(C)c1ccc(/C=N/c2nc(NC3CC3)c3ncn(C4C=CC(CO)C4)c3n2)cc1. The monoisotopic (exact) mass is 417 g/mol. The number of aliphatic imine (C=N–C) groups is 1. The van der Waals surface area contributed by atoms with Gasteiger partial charge in [0, 0.05) is 44.6 Å². The van der Waals surface area contributed by atoms with Crippen molar-refractivity contribution in [3.8, 4) is 0 Å². The van der Waals surface area contributed by atoms with Crippen LogP contribution in [0.4, 0.5) is 17.5 Å². The molecule has 2 aliphatic carbocycles. The van der Waals surface area contributed by atoms with E-state index in [0.717, 1.165) is 47.5 Å². The maximum atomic E-state index is 9.48. The van der Waals surface area contributed by atoms with Crippen LogP contribution in [0.2, 0.25) is 0 Å². The average Bonchev–Trinajstić information content (AvgIpc) is 3.29. The van der Waals surface area contributed by atoms with Crippen molar-refractivity contribution in [1.82, 2.24) is 19.5 Å². The van der Waals surface area contributed by atoms with Crippen LogP contribution < -0.4 is 10.2 Å². The van der Waals surface area contributed by atoms with Gasteiger partial charge in [0.25, 0.3) is 5.95 Å². The summed E-state index contributed by atoms with van der Waals surface area (Å²) in [5.74, 6) is 1.33. The number of aromatic nitrogens is 4. The zero-order chi connectivity index (χ0) is 21.4. The van der Waals surface area contributed by atoms with Crippen LogP contribution in [-0.2, 0) is 0 Å². The summed E-state index contributed by atoms with van der Waals surface area (Å²) in [6, 6.07) is 8.76. The first kappa shape index (κ1) is 19.7. The Morgan fingerprint density at radius 1 is 1.19 bits per heavy atom. The van der Waals surface area contributed by atoms with Gasteiger partial charge in [-0.3, -0.25) is 0 Å². The van der Waals surface area contributed by atoms with E-state index in [-0.39, 0.29) is 18.6 Å². The van der Waals surface area contributed by atoms with Gasteiger partial charge in [0.05, 0.1) is 12.4 Å². The van der Waals surface area contributed by atoms with Gasteiger partial charge < -0.3 is 19.9 Å². The molecule has 2 atom stereocenters. The van der Waals surface area contributed by atoms with Crippen molar-refractivity contribution in [3.05, 3.63) is 48.3 Å². The van der Waals surface area contributed by atoms with E-state index in [9.17, 15) is 5.11 Å². The standard InChI is InChI=1S/C23H27N7O/c1-29(2)18-8-3-15(4-9-18)12-24-23-27-21(26-17-6-7-17)20-22(28-23)30(14-25-20)19-10-5-16(11-19)13-31/h3-5,8-10,12,14,16-17,19,31H,6-7,11,13H2,1-2H3,(H,26,27,28)/b24-12+. The predicted octanol–water partition coefficient (Wildman–Crippen LogP) is 3.33. The Balaban J connectivity index is 1.48. The lowest BCUT2D eigenvalue weighted by atomic mass is 10.1. The topological polar surface area (TPSA) is 91.5 Å². The molecule has 0 aliphatic heterocycles. The molecule has 2 N–H and O–H groups in total. The van der Waals surface area contributed by atoms with Crippen LogP contribution in [0.5, 0.6) is 0 Å². The number of allylic oxidation sites excluding steroid dienone is 1. The number of anilines is 2. The second-order valence-corrected chi connectivity index (χ2v) is 8.49. The normalized spacial score (nSPS) is 20.7. The fraction of sp³-hybridized carbons (Fsp3) is 0.391. The van der Waals surface area contributed by atoms with Gasteiger partial charge in [0.2, 0.25) is 0 Å². The van der Waals surface area contributed by atoms with Crippen LogP contribution in [0.1, 0.15) is 30.9 Å². The third-order valence-electron chi connectivity index (χ3n) is 5.81. The first-order valence-electron chi connectivity index (χ1n) is 10.7. The molecular weight excluding hydrogens is 390 g/mol. The molecule has 8 nitrogen and oxygen atoms in total. The van der Waals surface area contributed by atoms with Crippen molar-refractivity contribution < 1.29 is 5.11 Å². The van der Waals surface area contributed by atoms with E-state index in [0.29, 0.717) is 12.0 Å². The number of rotatable bonds is 7. The van der Waals surface area contributed by atoms with E-state index >= 15 is 0 Å². The highest BCUT2D eigenvalue weighted by Crippen LogP contribution is 2.33. The molecule has 0 bridgehead atoms. The Bertz CT molecular complexity index is 1130. The summed E-state index contributed by atoms with van der Waals surface area (Å²) in [5.41, 5.74) is 3.66. The van der Waals surface area contributed by atoms with E-state index in [1.165, 1.54) is 0 Å². The van der Waals surface area contributed by atoms with Crippen LogP contribution in [0.15, 0.2) is 47.7 Å². The summed E-state index contributed by atoms with van der Waals surface area (Å²) in [6.45, 7) is 0.158. The predicted molar refractivity (Wildman–Crippen MR) is 123 cm³/mol. The fourth-order valence-electron chi connectivity index (χ4n) is 3.81. The minimum atomic E-state index is 0.126. The summed E-state index contributed by atoms with van der Waals surface area (Å²) in [7, 11) is 4.04. The third kappa shape index (κ3) is 4.16. The van der Waals surface area contributed by atoms with Gasteiger partial charge in [-0.1, -0.05) is 24.3 Å². The second kappa shape index (κ2) is 8.11. The number of fused-ring (bicyclic) bond motifs is 1. The lowest BCUT2D eigenvalue weighted by Gasteiger charge is -2.13. The molecule has 0 spiro atoms. The number of benzene rings is 1. The van der Waals surface area contributed by atoms with E-state index in [1.807, 2.05) is 32.6 Å². The first-order chi connectivity index (χ1) is 15.1. The summed E-state index contributed by atoms with van der Waals surface area (Å²) in [6.07, 6.45) is 10.9. The maximum absolute atomic E-state index is 9.48. The molecule has 0 radical (unpaired) electrons. The molecule has 160 valence electrons. The van der Waals surface area contributed by atoms with E-state index in [2.05, 4.69) is 54.0 Å². The van der Waals surface area contributed by atoms with Gasteiger partial charge in [0.1, 0.15) is 0 Å². The molecule has 5 rings (SSSR count). The summed E-state index contributed by atoms with van der Waals surface area (Å²) in [4.78, 5) is 20.6. The number of imidazole rings is 1. The summed E-state index contributed by atoms with van der Waals surface area (Å²) < 4.78 is 2.06. The van der Waals surface area contributed by atoms with Gasteiger partial charge in [-0.05, 0) is 37.0 Å². The fourth-order valence-corrected chi connectivity index (χ4v) is 3.81. The number of hydrogen-bond donors (Lipinski definition) is 2. The molecule has 2 unspecified atom stereocenters. The van der Waals surface area contributed by atoms with Crippen molar-refractivity contribution in [1.29, 1.82) is 0 Å². The number of aliphatic hydroxyl groups is 1. The van der Waals surface area contributed by atoms with Gasteiger partial charge in [-0.15, -0.1) is 0 Å². The Labute approximate surface area is 181 Å². The zero-order valence-electron chi connectivity index (χ0n) is 17.8. The summed E-state index contributed by atoms with van der Waals surface area (Å²) >= 11 is 0. The van der Waals surface area contributed by atoms with Crippen molar-refractivity contribution in [3.63, 3.8) is 0 Å². The molecule has 31 heavy (non-hydrogen) atoms. The van der Waals surface area contributed by atoms with E-state index in [1.54, 1.807) is 6.21 Å². The molecule has 1 fully saturated rings. The van der Waals surface area contributed by atoms with Crippen LogP contribution >= 0.6 is 0 Å². The van der Waals surface area contributed by atoms with Crippen LogP contribution in [-0.4, -0.2) is 57.6 Å². The highest BCUT2D eigenvalue weighted by Gasteiger charge is 2.26. The molecule has 2 aliphatic rings. The highest BCUT2D eigenvalue weighted by molar-refractivity contribution is 5.86. The molecule has 2 heterocycles. The lowest BCUT2D eigenvalue weighted by Crippen LogP contribution is -2.09. The Morgan fingerprint density at radius 3 is 2.68 bits per heavy atom. The molecule has 2 aromatic heterocycles. The van der Waals surface area contributed by atoms with Crippen LogP contribution in [0, 0.1) is 5.92 Å². The van der Waals surface area contributed by atoms with Crippen molar-refractivity contribution in [2.75, 3.05) is 30.9 Å². The van der Waals surface area contributed by atoms with Crippen molar-refractivity contribution in [2.45, 2.75) is 31.3 Å². The molecule has 8 heteroatoms. The molecule has 1 saturated carbocycles. The Hall–Kier alpha value is -3.26. The molecule has 0 amide bonds. The quantitative estimate of drug-likeness (QED) is 0.453. The van der Waals surface area contributed by atoms with Crippen LogP contribution in [0.25, 0.3) is 11.2 Å². The van der Waals surface area contributed by atoms with Crippen molar-refractivity contribution in [2.24, 2.45) is 10.9 Å². The maximum Gasteiger partial charge on any atom is 0.253 e. The van der Waals surface area contributed by atoms with Gasteiger partial charge in [-0.25, -0.2) is 9.98 Å². The van der Waals surface area contributed by atoms with Gasteiger partial charge in [0.15, 0.2) is 17.0 Å². The van der Waals surface area contributed by atoms with E-state index in [4.69, 9.17) is 4.98 Å². The average molecular weight is 418 g/mol. The largest absolute Gasteiger partial charge is 0.396 e. The Morgan fingerprint density at radius 2 is 2.00 bits per heavy atom. The molecule has 1 aromatic carbocycles. The van der Waals surface area contributed by atoms with Crippen molar-refractivity contribution >= 4 is 34.8 Å². The number of hydrogen-bond acceptors (Lipinski definition) is 7. The minimum absolute atomic E-state index is 0.126.